The van der Waals surface area contributed by atoms with E-state index in [1.807, 2.05) is 0 Å². The van der Waals surface area contributed by atoms with E-state index in [2.05, 4.69) is 29.0 Å². The Bertz CT molecular complexity index is 782. The van der Waals surface area contributed by atoms with Gasteiger partial charge in [-0.2, -0.15) is 0 Å². The molecular weight excluding hydrogens is 330 g/mol. The normalized spacial score (nSPS) is 14.6. The Kier molecular flexibility index (Phi) is 6.41. The van der Waals surface area contributed by atoms with Crippen LogP contribution in [-0.4, -0.2) is 28.6 Å². The molecule has 2 rings (SSSR count). The molecule has 26 heavy (non-hydrogen) atoms. The zero-order valence-electron chi connectivity index (χ0n) is 14.9. The lowest BCUT2D eigenvalue weighted by atomic mass is 9.86. The Hall–Kier alpha value is -2.80. The molecule has 136 valence electrons. The predicted octanol–water partition coefficient (Wildman–Crippen LogP) is 1.18. The third-order valence-corrected chi connectivity index (χ3v) is 4.19. The van der Waals surface area contributed by atoms with Gasteiger partial charge in [0.05, 0.1) is 0 Å². The maximum absolute atomic E-state index is 12.3. The highest BCUT2D eigenvalue weighted by molar-refractivity contribution is 5.97. The van der Waals surface area contributed by atoms with Crippen molar-refractivity contribution in [2.24, 2.45) is 11.7 Å². The fraction of sp³-hybridized carbons (Fsp3) is 0.400. The molecule has 0 unspecified atom stereocenters. The van der Waals surface area contributed by atoms with Gasteiger partial charge in [0.25, 0.3) is 11.8 Å². The number of nitrogens with one attached hydrogen (secondary N) is 2. The van der Waals surface area contributed by atoms with Gasteiger partial charge in [-0.05, 0) is 62.8 Å². The molecular formula is C20H23N3O3. The summed E-state index contributed by atoms with van der Waals surface area (Å²) < 4.78 is 0. The molecule has 0 saturated heterocycles. The summed E-state index contributed by atoms with van der Waals surface area (Å²) in [4.78, 5) is 24.0. The van der Waals surface area contributed by atoms with E-state index in [-0.39, 0.29) is 0 Å². The minimum atomic E-state index is -1.08. The van der Waals surface area contributed by atoms with E-state index in [4.69, 9.17) is 10.9 Å². The van der Waals surface area contributed by atoms with Crippen LogP contribution in [0.5, 0.6) is 0 Å². The van der Waals surface area contributed by atoms with Gasteiger partial charge in [-0.15, -0.1) is 0 Å². The maximum Gasteiger partial charge on any atom is 0.267 e. The van der Waals surface area contributed by atoms with Crippen molar-refractivity contribution in [3.05, 3.63) is 35.4 Å². The van der Waals surface area contributed by atoms with Crippen molar-refractivity contribution < 1.29 is 14.8 Å². The number of amides is 2. The SMILES string of the molecule is CC(C)(N)[C@H](NC(=O)c1ccc(C#CC#CC2CCC2)cc1)C(=O)NO. The summed E-state index contributed by atoms with van der Waals surface area (Å²) in [5, 5.41) is 11.3. The standard InChI is InChI=1S/C20H23N3O3/c1-20(2,21)17(19(25)23-26)22-18(24)16-12-10-15(11-13-16)7-4-3-6-14-8-5-9-14/h10-14,17,26H,5,8-9,21H2,1-2H3,(H,22,24)(H,23,25)/t17-/m1/s1. The van der Waals surface area contributed by atoms with Crippen molar-refractivity contribution >= 4 is 11.8 Å². The minimum absolute atomic E-state index is 0.357. The van der Waals surface area contributed by atoms with Gasteiger partial charge in [0.15, 0.2) is 0 Å². The molecule has 1 aliphatic carbocycles. The number of benzene rings is 1. The van der Waals surface area contributed by atoms with Crippen LogP contribution >= 0.6 is 0 Å². The molecule has 1 aromatic rings. The molecule has 0 spiro atoms. The zero-order chi connectivity index (χ0) is 19.2. The van der Waals surface area contributed by atoms with Crippen molar-refractivity contribution in [2.75, 3.05) is 0 Å². The number of rotatable bonds is 4. The summed E-state index contributed by atoms with van der Waals surface area (Å²) in [6.45, 7) is 3.16. The molecule has 1 fully saturated rings. The van der Waals surface area contributed by atoms with Crippen LogP contribution in [0.1, 0.15) is 49.0 Å². The smallest absolute Gasteiger partial charge is 0.267 e. The van der Waals surface area contributed by atoms with Crippen LogP contribution in [0.25, 0.3) is 0 Å². The molecule has 0 heterocycles. The molecule has 0 aliphatic heterocycles. The second-order valence-corrected chi connectivity index (χ2v) is 6.93. The lowest BCUT2D eigenvalue weighted by Gasteiger charge is -2.29. The van der Waals surface area contributed by atoms with Crippen LogP contribution in [0, 0.1) is 29.6 Å². The van der Waals surface area contributed by atoms with E-state index in [9.17, 15) is 9.59 Å². The molecule has 1 atom stereocenters. The van der Waals surface area contributed by atoms with Crippen molar-refractivity contribution in [3.63, 3.8) is 0 Å². The molecule has 0 aromatic heterocycles. The third-order valence-electron chi connectivity index (χ3n) is 4.19. The number of carbonyl (C=O) groups is 2. The molecule has 6 nitrogen and oxygen atoms in total. The van der Waals surface area contributed by atoms with Gasteiger partial charge in [-0.1, -0.05) is 18.3 Å². The second-order valence-electron chi connectivity index (χ2n) is 6.93. The Balaban J connectivity index is 2.02. The van der Waals surface area contributed by atoms with Crippen molar-refractivity contribution in [3.8, 4) is 23.7 Å². The number of hydrogen-bond acceptors (Lipinski definition) is 4. The van der Waals surface area contributed by atoms with Crippen LogP contribution in [0.3, 0.4) is 0 Å². The van der Waals surface area contributed by atoms with E-state index in [0.717, 1.165) is 18.4 Å². The number of carbonyl (C=O) groups excluding carboxylic acids is 2. The van der Waals surface area contributed by atoms with Gasteiger partial charge < -0.3 is 11.1 Å². The topological polar surface area (TPSA) is 104 Å². The van der Waals surface area contributed by atoms with Gasteiger partial charge >= 0.3 is 0 Å². The monoisotopic (exact) mass is 353 g/mol. The first kappa shape index (κ1) is 19.5. The summed E-state index contributed by atoms with van der Waals surface area (Å²) in [6.07, 6.45) is 3.57. The molecule has 0 radical (unpaired) electrons. The number of hydroxylamine groups is 1. The lowest BCUT2D eigenvalue weighted by Crippen LogP contribution is -2.61. The highest BCUT2D eigenvalue weighted by Crippen LogP contribution is 2.24. The van der Waals surface area contributed by atoms with E-state index in [1.165, 1.54) is 11.9 Å². The molecule has 1 aliphatic rings. The summed E-state index contributed by atoms with van der Waals surface area (Å²) in [6, 6.07) is 5.55. The molecule has 2 amide bonds. The average Bonchev–Trinajstić information content (AvgIpc) is 2.56. The summed E-state index contributed by atoms with van der Waals surface area (Å²) >= 11 is 0. The zero-order valence-corrected chi connectivity index (χ0v) is 14.9. The summed E-state index contributed by atoms with van der Waals surface area (Å²) in [5.41, 5.74) is 7.46. The fourth-order valence-electron chi connectivity index (χ4n) is 2.37. The minimum Gasteiger partial charge on any atom is -0.338 e. The van der Waals surface area contributed by atoms with Crippen LogP contribution < -0.4 is 16.5 Å². The third kappa shape index (κ3) is 5.35. The molecule has 1 aromatic carbocycles. The van der Waals surface area contributed by atoms with Crippen molar-refractivity contribution in [2.45, 2.75) is 44.7 Å². The first-order valence-electron chi connectivity index (χ1n) is 8.46. The van der Waals surface area contributed by atoms with Crippen LogP contribution in [0.2, 0.25) is 0 Å². The first-order chi connectivity index (χ1) is 12.3. The predicted molar refractivity (Wildman–Crippen MR) is 97.9 cm³/mol. The van der Waals surface area contributed by atoms with E-state index in [1.54, 1.807) is 38.1 Å². The lowest BCUT2D eigenvalue weighted by molar-refractivity contribution is -0.132. The Labute approximate surface area is 153 Å². The molecule has 1 saturated carbocycles. The highest BCUT2D eigenvalue weighted by Gasteiger charge is 2.33. The van der Waals surface area contributed by atoms with Gasteiger partial charge in [-0.25, -0.2) is 5.48 Å². The van der Waals surface area contributed by atoms with E-state index >= 15 is 0 Å². The first-order valence-corrected chi connectivity index (χ1v) is 8.46. The quantitative estimate of drug-likeness (QED) is 0.371. The fourth-order valence-corrected chi connectivity index (χ4v) is 2.37. The largest absolute Gasteiger partial charge is 0.338 e. The Morgan fingerprint density at radius 2 is 1.88 bits per heavy atom. The summed E-state index contributed by atoms with van der Waals surface area (Å²) in [7, 11) is 0. The number of nitrogens with two attached hydrogens (primary N) is 1. The van der Waals surface area contributed by atoms with Crippen molar-refractivity contribution in [1.82, 2.24) is 10.8 Å². The van der Waals surface area contributed by atoms with Gasteiger partial charge in [-0.3, -0.25) is 14.8 Å². The van der Waals surface area contributed by atoms with Gasteiger partial charge in [0, 0.05) is 22.6 Å². The van der Waals surface area contributed by atoms with Crippen molar-refractivity contribution in [1.29, 1.82) is 0 Å². The van der Waals surface area contributed by atoms with Crippen LogP contribution in [0.15, 0.2) is 24.3 Å². The molecule has 0 bridgehead atoms. The highest BCUT2D eigenvalue weighted by atomic mass is 16.5. The molecule has 5 N–H and O–H groups in total. The summed E-state index contributed by atoms with van der Waals surface area (Å²) in [5.74, 6) is 11.0. The van der Waals surface area contributed by atoms with E-state index < -0.39 is 23.4 Å². The Morgan fingerprint density at radius 1 is 1.23 bits per heavy atom. The van der Waals surface area contributed by atoms with Gasteiger partial charge in [0.2, 0.25) is 0 Å². The van der Waals surface area contributed by atoms with Gasteiger partial charge in [0.1, 0.15) is 6.04 Å². The average molecular weight is 353 g/mol. The molecule has 6 heteroatoms. The number of hydrogen-bond donors (Lipinski definition) is 4. The second kappa shape index (κ2) is 8.53. The Morgan fingerprint density at radius 3 is 2.38 bits per heavy atom. The van der Waals surface area contributed by atoms with E-state index in [0.29, 0.717) is 11.5 Å². The van der Waals surface area contributed by atoms with Crippen LogP contribution in [0.4, 0.5) is 0 Å². The maximum atomic E-state index is 12.3. The van der Waals surface area contributed by atoms with Crippen LogP contribution in [-0.2, 0) is 4.79 Å².